The number of rotatable bonds is 5. The Hall–Kier alpha value is -0.860. The fraction of sp³-hybridized carbons (Fsp3) is 0.667. The van der Waals surface area contributed by atoms with Gasteiger partial charge in [0.2, 0.25) is 0 Å². The van der Waals surface area contributed by atoms with Crippen molar-refractivity contribution in [1.82, 2.24) is 10.2 Å². The van der Waals surface area contributed by atoms with Crippen LogP contribution in [-0.4, -0.2) is 30.1 Å². The van der Waals surface area contributed by atoms with E-state index in [-0.39, 0.29) is 0 Å². The van der Waals surface area contributed by atoms with Gasteiger partial charge in [0.1, 0.15) is 0 Å². The summed E-state index contributed by atoms with van der Waals surface area (Å²) in [5, 5.41) is 3.65. The second-order valence-corrected chi connectivity index (χ2v) is 6.25. The molecule has 1 heterocycles. The van der Waals surface area contributed by atoms with E-state index in [1.165, 1.54) is 18.4 Å². The first-order valence-electron chi connectivity index (χ1n) is 8.21. The molecular weight excluding hydrogens is 244 g/mol. The Morgan fingerprint density at radius 2 is 1.85 bits per heavy atom. The molecule has 0 saturated carbocycles. The van der Waals surface area contributed by atoms with Crippen LogP contribution in [0.5, 0.6) is 0 Å². The van der Waals surface area contributed by atoms with Crippen LogP contribution in [-0.2, 0) is 0 Å². The molecule has 2 heteroatoms. The lowest BCUT2D eigenvalue weighted by Gasteiger charge is -2.45. The molecule has 1 aliphatic rings. The highest BCUT2D eigenvalue weighted by molar-refractivity contribution is 5.20. The molecule has 20 heavy (non-hydrogen) atoms. The lowest BCUT2D eigenvalue weighted by molar-refractivity contribution is 0.0597. The lowest BCUT2D eigenvalue weighted by Crippen LogP contribution is -2.55. The van der Waals surface area contributed by atoms with Crippen molar-refractivity contribution in [2.75, 3.05) is 13.1 Å². The van der Waals surface area contributed by atoms with E-state index in [1.54, 1.807) is 0 Å². The summed E-state index contributed by atoms with van der Waals surface area (Å²) in [5.41, 5.74) is 1.45. The number of benzene rings is 1. The monoisotopic (exact) mass is 274 g/mol. The van der Waals surface area contributed by atoms with E-state index in [1.807, 2.05) is 0 Å². The Labute approximate surface area is 124 Å². The van der Waals surface area contributed by atoms with E-state index in [2.05, 4.69) is 68.2 Å². The first kappa shape index (κ1) is 15.5. The Bertz CT molecular complexity index is 386. The van der Waals surface area contributed by atoms with Gasteiger partial charge in [0.15, 0.2) is 0 Å². The van der Waals surface area contributed by atoms with Gasteiger partial charge in [0.25, 0.3) is 0 Å². The van der Waals surface area contributed by atoms with E-state index in [4.69, 9.17) is 0 Å². The van der Waals surface area contributed by atoms with Gasteiger partial charge < -0.3 is 5.32 Å². The van der Waals surface area contributed by atoms with E-state index in [0.29, 0.717) is 18.1 Å². The van der Waals surface area contributed by atoms with Gasteiger partial charge in [-0.1, -0.05) is 57.0 Å². The maximum Gasteiger partial charge on any atom is 0.0476 e. The van der Waals surface area contributed by atoms with E-state index in [9.17, 15) is 0 Å². The number of hydrogen-bond acceptors (Lipinski definition) is 2. The van der Waals surface area contributed by atoms with Gasteiger partial charge in [-0.05, 0) is 25.3 Å². The Balaban J connectivity index is 2.20. The van der Waals surface area contributed by atoms with Gasteiger partial charge in [-0.2, -0.15) is 0 Å². The summed E-state index contributed by atoms with van der Waals surface area (Å²) in [6, 6.07) is 12.7. The highest BCUT2D eigenvalue weighted by atomic mass is 15.3. The van der Waals surface area contributed by atoms with Gasteiger partial charge in [-0.25, -0.2) is 0 Å². The molecule has 0 bridgehead atoms. The fourth-order valence-corrected chi connectivity index (χ4v) is 3.61. The molecule has 0 radical (unpaired) electrons. The molecule has 1 fully saturated rings. The molecule has 0 spiro atoms. The van der Waals surface area contributed by atoms with Crippen LogP contribution in [0.25, 0.3) is 0 Å². The Kier molecular flexibility index (Phi) is 5.62. The molecule has 1 saturated heterocycles. The molecule has 2 nitrogen and oxygen atoms in total. The molecule has 1 aliphatic heterocycles. The Morgan fingerprint density at radius 1 is 1.20 bits per heavy atom. The highest BCUT2D eigenvalue weighted by Gasteiger charge is 2.32. The average Bonchev–Trinajstić information content (AvgIpc) is 2.49. The number of hydrogen-bond donors (Lipinski definition) is 1. The second kappa shape index (κ2) is 7.24. The summed E-state index contributed by atoms with van der Waals surface area (Å²) < 4.78 is 0. The highest BCUT2D eigenvalue weighted by Crippen LogP contribution is 2.30. The zero-order valence-electron chi connectivity index (χ0n) is 13.5. The van der Waals surface area contributed by atoms with Gasteiger partial charge in [0, 0.05) is 31.2 Å². The molecular formula is C18H30N2. The number of nitrogens with zero attached hydrogens (tertiary/aromatic N) is 1. The third-order valence-corrected chi connectivity index (χ3v) is 4.98. The summed E-state index contributed by atoms with van der Waals surface area (Å²) in [6.07, 6.45) is 2.55. The van der Waals surface area contributed by atoms with Crippen molar-refractivity contribution in [3.8, 4) is 0 Å². The summed E-state index contributed by atoms with van der Waals surface area (Å²) in [5.74, 6) is 0.798. The van der Waals surface area contributed by atoms with Crippen LogP contribution in [0.2, 0.25) is 0 Å². The van der Waals surface area contributed by atoms with Crippen LogP contribution in [0.3, 0.4) is 0 Å². The molecule has 0 aliphatic carbocycles. The summed E-state index contributed by atoms with van der Waals surface area (Å²) >= 11 is 0. The van der Waals surface area contributed by atoms with Crippen LogP contribution in [0.1, 0.15) is 52.1 Å². The second-order valence-electron chi connectivity index (χ2n) is 6.25. The van der Waals surface area contributed by atoms with Crippen molar-refractivity contribution in [2.24, 2.45) is 5.92 Å². The number of piperazine rings is 1. The minimum atomic E-state index is 0.517. The van der Waals surface area contributed by atoms with Crippen LogP contribution in [0, 0.1) is 5.92 Å². The van der Waals surface area contributed by atoms with Crippen LogP contribution in [0.4, 0.5) is 0 Å². The van der Waals surface area contributed by atoms with Crippen molar-refractivity contribution in [2.45, 2.75) is 58.7 Å². The standard InChI is InChI=1S/C18H30N2/c1-5-16(6-2)15(4)20-13-14(3)19-12-18(20)17-10-8-7-9-11-17/h7-11,14-16,18-19H,5-6,12-13H2,1-4H3. The molecule has 112 valence electrons. The topological polar surface area (TPSA) is 15.3 Å². The lowest BCUT2D eigenvalue weighted by atomic mass is 9.90. The molecule has 3 unspecified atom stereocenters. The SMILES string of the molecule is CCC(CC)C(C)N1CC(C)NCC1c1ccccc1. The normalized spacial score (nSPS) is 25.9. The van der Waals surface area contributed by atoms with Crippen LogP contribution >= 0.6 is 0 Å². The smallest absolute Gasteiger partial charge is 0.0476 e. The largest absolute Gasteiger partial charge is 0.311 e. The van der Waals surface area contributed by atoms with Crippen LogP contribution < -0.4 is 5.32 Å². The first-order chi connectivity index (χ1) is 9.67. The molecule has 0 amide bonds. The maximum absolute atomic E-state index is 3.65. The predicted molar refractivity (Wildman–Crippen MR) is 86.9 cm³/mol. The molecule has 3 atom stereocenters. The molecule has 1 aromatic carbocycles. The van der Waals surface area contributed by atoms with Crippen molar-refractivity contribution in [3.05, 3.63) is 35.9 Å². The van der Waals surface area contributed by atoms with E-state index in [0.717, 1.165) is 19.0 Å². The van der Waals surface area contributed by atoms with E-state index >= 15 is 0 Å². The number of nitrogens with one attached hydrogen (secondary N) is 1. The third kappa shape index (κ3) is 3.42. The summed E-state index contributed by atoms with van der Waals surface area (Å²) in [4.78, 5) is 2.73. The zero-order valence-corrected chi connectivity index (χ0v) is 13.5. The maximum atomic E-state index is 3.65. The molecule has 2 rings (SSSR count). The fourth-order valence-electron chi connectivity index (χ4n) is 3.61. The third-order valence-electron chi connectivity index (χ3n) is 4.98. The van der Waals surface area contributed by atoms with Crippen LogP contribution in [0.15, 0.2) is 30.3 Å². The van der Waals surface area contributed by atoms with Gasteiger partial charge in [-0.15, -0.1) is 0 Å². The van der Waals surface area contributed by atoms with Crippen molar-refractivity contribution in [1.29, 1.82) is 0 Å². The first-order valence-corrected chi connectivity index (χ1v) is 8.21. The summed E-state index contributed by atoms with van der Waals surface area (Å²) in [6.45, 7) is 11.6. The summed E-state index contributed by atoms with van der Waals surface area (Å²) in [7, 11) is 0. The predicted octanol–water partition coefficient (Wildman–Crippen LogP) is 3.85. The van der Waals surface area contributed by atoms with Crippen molar-refractivity contribution >= 4 is 0 Å². The molecule has 0 aromatic heterocycles. The van der Waals surface area contributed by atoms with E-state index < -0.39 is 0 Å². The zero-order chi connectivity index (χ0) is 14.5. The molecule has 1 aromatic rings. The minimum absolute atomic E-state index is 0.517. The Morgan fingerprint density at radius 3 is 2.45 bits per heavy atom. The van der Waals surface area contributed by atoms with Gasteiger partial charge in [-0.3, -0.25) is 4.90 Å². The van der Waals surface area contributed by atoms with Gasteiger partial charge >= 0.3 is 0 Å². The van der Waals surface area contributed by atoms with Crippen molar-refractivity contribution in [3.63, 3.8) is 0 Å². The quantitative estimate of drug-likeness (QED) is 0.877. The minimum Gasteiger partial charge on any atom is -0.311 e. The van der Waals surface area contributed by atoms with Crippen molar-refractivity contribution < 1.29 is 0 Å². The average molecular weight is 274 g/mol. The molecule has 1 N–H and O–H groups in total. The van der Waals surface area contributed by atoms with Gasteiger partial charge in [0.05, 0.1) is 0 Å².